The standard InChI is InChI=1S/C56H106O15/c1-3-5-7-9-11-13-15-17-19-20-21-22-23-25-27-29-31-33-35-37-39-48(59)69-44(41-66-47(58)38-36-34-32-30-28-26-24-18-16-14-12-10-8-6-4-2)42-67-55-54(65)52(63)50(61)46(71-55)43-68-56-53(64)51(62)49(60)45(40-57)70-56/h44-46,49-57,60-65H,3-43H2,1-2H3. The lowest BCUT2D eigenvalue weighted by Crippen LogP contribution is -2.61. The quantitative estimate of drug-likeness (QED) is 0.0222. The number of hydrogen-bond donors (Lipinski definition) is 7. The first kappa shape index (κ1) is 65.6. The lowest BCUT2D eigenvalue weighted by molar-refractivity contribution is -0.332. The molecule has 0 aliphatic carbocycles. The molecule has 15 heteroatoms. The van der Waals surface area contributed by atoms with E-state index in [9.17, 15) is 45.3 Å². The van der Waals surface area contributed by atoms with Crippen LogP contribution in [0.2, 0.25) is 0 Å². The molecule has 420 valence electrons. The van der Waals surface area contributed by atoms with Crippen molar-refractivity contribution in [2.45, 2.75) is 319 Å². The molecule has 11 atom stereocenters. The molecular weight excluding hydrogens is 913 g/mol. The van der Waals surface area contributed by atoms with Gasteiger partial charge in [0.05, 0.1) is 19.8 Å². The highest BCUT2D eigenvalue weighted by atomic mass is 16.7. The second-order valence-corrected chi connectivity index (χ2v) is 20.8. The molecule has 0 bridgehead atoms. The monoisotopic (exact) mass is 1020 g/mol. The highest BCUT2D eigenvalue weighted by Crippen LogP contribution is 2.27. The Labute approximate surface area is 429 Å². The largest absolute Gasteiger partial charge is 0.462 e. The molecule has 0 saturated carbocycles. The van der Waals surface area contributed by atoms with Gasteiger partial charge in [0.25, 0.3) is 0 Å². The molecule has 15 nitrogen and oxygen atoms in total. The van der Waals surface area contributed by atoms with Crippen molar-refractivity contribution >= 4 is 11.9 Å². The Morgan fingerprint density at radius 3 is 1.10 bits per heavy atom. The molecule has 0 spiro atoms. The SMILES string of the molecule is CCCCCCCCCCCCCCCCCCCCCCC(=O)OC(COC(=O)CCCCCCCCCCCCCCCCC)COC1OC(COC2OC(CO)C(O)C(O)C2O)C(O)C(O)C1O. The zero-order valence-electron chi connectivity index (χ0n) is 44.7. The fraction of sp³-hybridized carbons (Fsp3) is 0.964. The normalized spacial score (nSPS) is 25.1. The summed E-state index contributed by atoms with van der Waals surface area (Å²) in [5.41, 5.74) is 0. The number of ether oxygens (including phenoxy) is 6. The number of carbonyl (C=O) groups excluding carboxylic acids is 2. The van der Waals surface area contributed by atoms with E-state index in [-0.39, 0.29) is 26.1 Å². The summed E-state index contributed by atoms with van der Waals surface area (Å²) in [5.74, 6) is -0.904. The van der Waals surface area contributed by atoms with Crippen molar-refractivity contribution in [2.75, 3.05) is 26.4 Å². The number of rotatable bonds is 47. The molecular formula is C56H106O15. The van der Waals surface area contributed by atoms with E-state index in [0.29, 0.717) is 12.8 Å². The predicted octanol–water partition coefficient (Wildman–Crippen LogP) is 9.56. The maximum Gasteiger partial charge on any atom is 0.306 e. The molecule has 2 aliphatic rings. The van der Waals surface area contributed by atoms with Crippen LogP contribution < -0.4 is 0 Å². The molecule has 2 rings (SSSR count). The Hall–Kier alpha value is -1.50. The Morgan fingerprint density at radius 2 is 0.718 bits per heavy atom. The van der Waals surface area contributed by atoms with Gasteiger partial charge in [-0.05, 0) is 12.8 Å². The lowest BCUT2D eigenvalue weighted by atomic mass is 9.98. The summed E-state index contributed by atoms with van der Waals surface area (Å²) in [7, 11) is 0. The average Bonchev–Trinajstić information content (AvgIpc) is 3.36. The zero-order valence-corrected chi connectivity index (χ0v) is 44.7. The van der Waals surface area contributed by atoms with Crippen LogP contribution in [0.4, 0.5) is 0 Å². The summed E-state index contributed by atoms with van der Waals surface area (Å²) in [5, 5.41) is 72.2. The van der Waals surface area contributed by atoms with Crippen LogP contribution in [-0.2, 0) is 38.0 Å². The van der Waals surface area contributed by atoms with Crippen molar-refractivity contribution in [2.24, 2.45) is 0 Å². The molecule has 0 aromatic heterocycles. The van der Waals surface area contributed by atoms with Crippen molar-refractivity contribution in [3.8, 4) is 0 Å². The summed E-state index contributed by atoms with van der Waals surface area (Å²) in [6.07, 6.45) is 26.9. The fourth-order valence-electron chi connectivity index (χ4n) is 9.57. The van der Waals surface area contributed by atoms with E-state index in [1.807, 2.05) is 0 Å². The van der Waals surface area contributed by atoms with E-state index < -0.39 is 92.7 Å². The number of aliphatic hydroxyl groups is 7. The van der Waals surface area contributed by atoms with Gasteiger partial charge >= 0.3 is 11.9 Å². The van der Waals surface area contributed by atoms with E-state index in [4.69, 9.17) is 28.4 Å². The lowest BCUT2D eigenvalue weighted by Gasteiger charge is -2.42. The predicted molar refractivity (Wildman–Crippen MR) is 275 cm³/mol. The molecule has 0 radical (unpaired) electrons. The molecule has 2 saturated heterocycles. The third-order valence-electron chi connectivity index (χ3n) is 14.3. The minimum Gasteiger partial charge on any atom is -0.462 e. The van der Waals surface area contributed by atoms with Gasteiger partial charge < -0.3 is 64.2 Å². The second kappa shape index (κ2) is 43.7. The minimum atomic E-state index is -1.76. The van der Waals surface area contributed by atoms with Crippen molar-refractivity contribution < 1.29 is 73.8 Å². The van der Waals surface area contributed by atoms with Gasteiger partial charge in [0.2, 0.25) is 0 Å². The number of esters is 2. The molecule has 11 unspecified atom stereocenters. The third-order valence-corrected chi connectivity index (χ3v) is 14.3. The van der Waals surface area contributed by atoms with Gasteiger partial charge in [-0.3, -0.25) is 9.59 Å². The van der Waals surface area contributed by atoms with Crippen LogP contribution in [0.3, 0.4) is 0 Å². The van der Waals surface area contributed by atoms with Crippen LogP contribution in [-0.4, -0.2) is 142 Å². The van der Waals surface area contributed by atoms with Crippen LogP contribution in [0.1, 0.15) is 251 Å². The Bertz CT molecular complexity index is 1240. The van der Waals surface area contributed by atoms with Crippen LogP contribution in [0.5, 0.6) is 0 Å². The van der Waals surface area contributed by atoms with Crippen molar-refractivity contribution in [3.05, 3.63) is 0 Å². The maximum atomic E-state index is 13.1. The van der Waals surface area contributed by atoms with Crippen molar-refractivity contribution in [1.82, 2.24) is 0 Å². The molecule has 2 heterocycles. The van der Waals surface area contributed by atoms with Gasteiger partial charge in [-0.2, -0.15) is 0 Å². The summed E-state index contributed by atoms with van der Waals surface area (Å²) in [6, 6.07) is 0. The van der Waals surface area contributed by atoms with Gasteiger partial charge in [-0.15, -0.1) is 0 Å². The third kappa shape index (κ3) is 31.2. The highest BCUT2D eigenvalue weighted by Gasteiger charge is 2.47. The van der Waals surface area contributed by atoms with E-state index in [2.05, 4.69) is 13.8 Å². The van der Waals surface area contributed by atoms with Crippen LogP contribution >= 0.6 is 0 Å². The van der Waals surface area contributed by atoms with Crippen LogP contribution in [0, 0.1) is 0 Å². The second-order valence-electron chi connectivity index (χ2n) is 20.8. The Morgan fingerprint density at radius 1 is 0.394 bits per heavy atom. The van der Waals surface area contributed by atoms with E-state index in [1.165, 1.54) is 173 Å². The number of carbonyl (C=O) groups is 2. The number of hydrogen-bond acceptors (Lipinski definition) is 15. The van der Waals surface area contributed by atoms with Gasteiger partial charge in [0.15, 0.2) is 18.7 Å². The fourth-order valence-corrected chi connectivity index (χ4v) is 9.57. The summed E-state index contributed by atoms with van der Waals surface area (Å²) >= 11 is 0. The average molecular weight is 1020 g/mol. The van der Waals surface area contributed by atoms with E-state index >= 15 is 0 Å². The zero-order chi connectivity index (χ0) is 51.7. The smallest absolute Gasteiger partial charge is 0.306 e. The summed E-state index contributed by atoms with van der Waals surface area (Å²) < 4.78 is 33.7. The highest BCUT2D eigenvalue weighted by molar-refractivity contribution is 5.70. The molecule has 7 N–H and O–H groups in total. The molecule has 0 aromatic carbocycles. The molecule has 2 fully saturated rings. The Balaban J connectivity index is 1.74. The summed E-state index contributed by atoms with van der Waals surface area (Å²) in [4.78, 5) is 25.9. The molecule has 2 aliphatic heterocycles. The maximum absolute atomic E-state index is 13.1. The van der Waals surface area contributed by atoms with Crippen molar-refractivity contribution in [3.63, 3.8) is 0 Å². The first-order chi connectivity index (χ1) is 34.5. The van der Waals surface area contributed by atoms with Crippen LogP contribution in [0.25, 0.3) is 0 Å². The topological polar surface area (TPSA) is 231 Å². The number of unbranched alkanes of at least 4 members (excludes halogenated alkanes) is 33. The van der Waals surface area contributed by atoms with Gasteiger partial charge in [0.1, 0.15) is 55.4 Å². The molecule has 0 amide bonds. The van der Waals surface area contributed by atoms with Crippen molar-refractivity contribution in [1.29, 1.82) is 0 Å². The number of aliphatic hydroxyl groups excluding tert-OH is 7. The first-order valence-corrected chi connectivity index (χ1v) is 29.1. The van der Waals surface area contributed by atoms with Gasteiger partial charge in [0, 0.05) is 12.8 Å². The van der Waals surface area contributed by atoms with Gasteiger partial charge in [-0.1, -0.05) is 226 Å². The van der Waals surface area contributed by atoms with Gasteiger partial charge in [-0.25, -0.2) is 0 Å². The minimum absolute atomic E-state index is 0.174. The van der Waals surface area contributed by atoms with E-state index in [1.54, 1.807) is 0 Å². The van der Waals surface area contributed by atoms with Crippen LogP contribution in [0.15, 0.2) is 0 Å². The van der Waals surface area contributed by atoms with E-state index in [0.717, 1.165) is 38.5 Å². The Kier molecular flexibility index (Phi) is 40.4. The summed E-state index contributed by atoms with van der Waals surface area (Å²) in [6.45, 7) is 2.65. The molecule has 0 aromatic rings. The molecule has 71 heavy (non-hydrogen) atoms. The first-order valence-electron chi connectivity index (χ1n) is 29.1.